The fraction of sp³-hybridized carbons (Fsp3) is 0.471. The Balaban J connectivity index is 1.84. The molecule has 1 amide bonds. The minimum absolute atomic E-state index is 0.0365. The summed E-state index contributed by atoms with van der Waals surface area (Å²) >= 11 is 5.95. The third-order valence-corrected chi connectivity index (χ3v) is 4.85. The molecule has 0 bridgehead atoms. The van der Waals surface area contributed by atoms with E-state index in [4.69, 9.17) is 16.1 Å². The standard InChI is InChI=1S/C17H20ClN3O2/c1-17(2,11-18)16(22)21-10-6-9-13(21)15-19-14(20-23-15)12-7-4-3-5-8-12/h3-5,7-8,13H,6,9-11H2,1-2H3. The maximum atomic E-state index is 12.7. The van der Waals surface area contributed by atoms with Gasteiger partial charge in [-0.2, -0.15) is 4.98 Å². The molecular weight excluding hydrogens is 314 g/mol. The molecule has 1 unspecified atom stereocenters. The van der Waals surface area contributed by atoms with E-state index in [1.165, 1.54) is 0 Å². The number of carbonyl (C=O) groups is 1. The molecule has 23 heavy (non-hydrogen) atoms. The lowest BCUT2D eigenvalue weighted by Crippen LogP contribution is -2.41. The molecule has 1 fully saturated rings. The molecule has 1 aliphatic rings. The van der Waals surface area contributed by atoms with Gasteiger partial charge in [-0.25, -0.2) is 0 Å². The van der Waals surface area contributed by atoms with Gasteiger partial charge in [0.05, 0.1) is 5.41 Å². The second-order valence-electron chi connectivity index (χ2n) is 6.50. The highest BCUT2D eigenvalue weighted by Gasteiger charge is 2.40. The average molecular weight is 334 g/mol. The lowest BCUT2D eigenvalue weighted by Gasteiger charge is -2.30. The highest BCUT2D eigenvalue weighted by atomic mass is 35.5. The van der Waals surface area contributed by atoms with Crippen molar-refractivity contribution in [2.24, 2.45) is 5.41 Å². The highest BCUT2D eigenvalue weighted by Crippen LogP contribution is 2.35. The van der Waals surface area contributed by atoms with Crippen LogP contribution in [0.15, 0.2) is 34.9 Å². The molecule has 0 spiro atoms. The monoisotopic (exact) mass is 333 g/mol. The molecule has 1 saturated heterocycles. The van der Waals surface area contributed by atoms with E-state index in [0.717, 1.165) is 18.4 Å². The number of nitrogens with zero attached hydrogens (tertiary/aromatic N) is 3. The van der Waals surface area contributed by atoms with Crippen molar-refractivity contribution >= 4 is 17.5 Å². The summed E-state index contributed by atoms with van der Waals surface area (Å²) in [7, 11) is 0. The Hall–Kier alpha value is -1.88. The van der Waals surface area contributed by atoms with E-state index in [9.17, 15) is 4.79 Å². The van der Waals surface area contributed by atoms with Crippen LogP contribution in [0.5, 0.6) is 0 Å². The van der Waals surface area contributed by atoms with Crippen LogP contribution in [0.25, 0.3) is 11.4 Å². The van der Waals surface area contributed by atoms with Crippen LogP contribution in [0.4, 0.5) is 0 Å². The zero-order chi connectivity index (χ0) is 16.4. The van der Waals surface area contributed by atoms with Crippen LogP contribution in [0.2, 0.25) is 0 Å². The number of hydrogen-bond acceptors (Lipinski definition) is 4. The molecule has 1 aliphatic heterocycles. The lowest BCUT2D eigenvalue weighted by atomic mass is 9.94. The first-order chi connectivity index (χ1) is 11.0. The Bertz CT molecular complexity index is 684. The molecular formula is C17H20ClN3O2. The van der Waals surface area contributed by atoms with Gasteiger partial charge in [-0.3, -0.25) is 4.79 Å². The molecule has 0 radical (unpaired) electrons. The summed E-state index contributed by atoms with van der Waals surface area (Å²) in [5, 5.41) is 4.06. The van der Waals surface area contributed by atoms with Gasteiger partial charge in [0.1, 0.15) is 6.04 Å². The van der Waals surface area contributed by atoms with Crippen molar-refractivity contribution < 1.29 is 9.32 Å². The Morgan fingerprint density at radius 3 is 2.83 bits per heavy atom. The first-order valence-electron chi connectivity index (χ1n) is 7.79. The number of alkyl halides is 1. The number of aromatic nitrogens is 2. The highest BCUT2D eigenvalue weighted by molar-refractivity contribution is 6.19. The summed E-state index contributed by atoms with van der Waals surface area (Å²) in [6.45, 7) is 4.43. The SMILES string of the molecule is CC(C)(CCl)C(=O)N1CCCC1c1nc(-c2ccccc2)no1. The summed E-state index contributed by atoms with van der Waals surface area (Å²) in [6.07, 6.45) is 1.76. The maximum Gasteiger partial charge on any atom is 0.249 e. The Labute approximate surface area is 140 Å². The van der Waals surface area contributed by atoms with Gasteiger partial charge >= 0.3 is 0 Å². The fourth-order valence-corrected chi connectivity index (χ4v) is 2.90. The smallest absolute Gasteiger partial charge is 0.249 e. The fourth-order valence-electron chi connectivity index (χ4n) is 2.79. The summed E-state index contributed by atoms with van der Waals surface area (Å²) in [5.74, 6) is 1.37. The summed E-state index contributed by atoms with van der Waals surface area (Å²) in [4.78, 5) is 19.0. The molecule has 1 atom stereocenters. The Kier molecular flexibility index (Phi) is 4.39. The molecule has 0 N–H and O–H groups in total. The molecule has 122 valence electrons. The number of amides is 1. The van der Waals surface area contributed by atoms with Crippen molar-refractivity contribution in [3.63, 3.8) is 0 Å². The first-order valence-corrected chi connectivity index (χ1v) is 8.32. The van der Waals surface area contributed by atoms with Crippen molar-refractivity contribution in [1.29, 1.82) is 0 Å². The van der Waals surface area contributed by atoms with Gasteiger partial charge in [0.15, 0.2) is 0 Å². The number of hydrogen-bond donors (Lipinski definition) is 0. The van der Waals surface area contributed by atoms with Crippen molar-refractivity contribution in [2.75, 3.05) is 12.4 Å². The van der Waals surface area contributed by atoms with Gasteiger partial charge in [-0.15, -0.1) is 11.6 Å². The first kappa shape index (κ1) is 16.0. The van der Waals surface area contributed by atoms with Crippen LogP contribution in [0, 0.1) is 5.41 Å². The second kappa shape index (κ2) is 6.32. The van der Waals surface area contributed by atoms with E-state index >= 15 is 0 Å². The van der Waals surface area contributed by atoms with Crippen LogP contribution in [0.1, 0.15) is 38.6 Å². The lowest BCUT2D eigenvalue weighted by molar-refractivity contribution is -0.140. The largest absolute Gasteiger partial charge is 0.337 e. The number of benzene rings is 1. The second-order valence-corrected chi connectivity index (χ2v) is 6.76. The van der Waals surface area contributed by atoms with Gasteiger partial charge in [0, 0.05) is 18.0 Å². The zero-order valence-corrected chi connectivity index (χ0v) is 14.1. The molecule has 1 aromatic carbocycles. The van der Waals surface area contributed by atoms with E-state index < -0.39 is 5.41 Å². The van der Waals surface area contributed by atoms with Gasteiger partial charge in [-0.1, -0.05) is 35.5 Å². The average Bonchev–Trinajstić information content (AvgIpc) is 3.23. The number of carbonyl (C=O) groups excluding carboxylic acids is 1. The predicted molar refractivity (Wildman–Crippen MR) is 87.9 cm³/mol. The predicted octanol–water partition coefficient (Wildman–Crippen LogP) is 3.67. The van der Waals surface area contributed by atoms with Crippen LogP contribution in [-0.2, 0) is 4.79 Å². The van der Waals surface area contributed by atoms with Crippen LogP contribution < -0.4 is 0 Å². The minimum atomic E-state index is -0.591. The van der Waals surface area contributed by atoms with E-state index in [0.29, 0.717) is 18.3 Å². The van der Waals surface area contributed by atoms with Crippen molar-refractivity contribution in [3.05, 3.63) is 36.2 Å². The summed E-state index contributed by atoms with van der Waals surface area (Å²) in [6, 6.07) is 9.51. The Morgan fingerprint density at radius 1 is 1.39 bits per heavy atom. The van der Waals surface area contributed by atoms with Gasteiger partial charge < -0.3 is 9.42 Å². The van der Waals surface area contributed by atoms with E-state index in [2.05, 4.69) is 10.1 Å². The quantitative estimate of drug-likeness (QED) is 0.801. The van der Waals surface area contributed by atoms with Crippen LogP contribution in [-0.4, -0.2) is 33.4 Å². The molecule has 0 aliphatic carbocycles. The number of likely N-dealkylation sites (tertiary alicyclic amines) is 1. The third kappa shape index (κ3) is 3.11. The van der Waals surface area contributed by atoms with Crippen molar-refractivity contribution in [1.82, 2.24) is 15.0 Å². The summed E-state index contributed by atoms with van der Waals surface area (Å²) in [5.41, 5.74) is 0.311. The summed E-state index contributed by atoms with van der Waals surface area (Å²) < 4.78 is 5.44. The van der Waals surface area contributed by atoms with E-state index in [1.807, 2.05) is 49.1 Å². The molecule has 6 heteroatoms. The third-order valence-electron chi connectivity index (χ3n) is 4.19. The van der Waals surface area contributed by atoms with Crippen molar-refractivity contribution in [2.45, 2.75) is 32.7 Å². The van der Waals surface area contributed by atoms with E-state index in [1.54, 1.807) is 0 Å². The molecule has 2 heterocycles. The van der Waals surface area contributed by atoms with Gasteiger partial charge in [0.2, 0.25) is 17.6 Å². The van der Waals surface area contributed by atoms with Crippen molar-refractivity contribution in [3.8, 4) is 11.4 Å². The normalized spacial score (nSPS) is 18.4. The topological polar surface area (TPSA) is 59.2 Å². The number of rotatable bonds is 4. The molecule has 3 rings (SSSR count). The van der Waals surface area contributed by atoms with Gasteiger partial charge in [0.25, 0.3) is 0 Å². The number of halogens is 1. The zero-order valence-electron chi connectivity index (χ0n) is 13.3. The Morgan fingerprint density at radius 2 is 2.13 bits per heavy atom. The molecule has 2 aromatic rings. The molecule has 5 nitrogen and oxygen atoms in total. The van der Waals surface area contributed by atoms with Gasteiger partial charge in [-0.05, 0) is 26.7 Å². The van der Waals surface area contributed by atoms with Crippen LogP contribution in [0.3, 0.4) is 0 Å². The molecule has 0 saturated carbocycles. The van der Waals surface area contributed by atoms with Crippen LogP contribution >= 0.6 is 11.6 Å². The van der Waals surface area contributed by atoms with E-state index in [-0.39, 0.29) is 17.8 Å². The minimum Gasteiger partial charge on any atom is -0.337 e. The maximum absolute atomic E-state index is 12.7. The molecule has 1 aromatic heterocycles.